The molecule has 0 spiro atoms. The van der Waals surface area contributed by atoms with Crippen molar-refractivity contribution in [2.45, 2.75) is 45.0 Å². The van der Waals surface area contributed by atoms with Crippen LogP contribution in [-0.4, -0.2) is 44.4 Å². The number of benzene rings is 2. The van der Waals surface area contributed by atoms with Gasteiger partial charge in [-0.15, -0.1) is 18.3 Å². The van der Waals surface area contributed by atoms with Gasteiger partial charge in [0.05, 0.1) is 11.1 Å². The molecular formula is C25H23BrClF3N6O2. The molecule has 2 heterocycles. The summed E-state index contributed by atoms with van der Waals surface area (Å²) in [6, 6.07) is 8.69. The lowest BCUT2D eigenvalue weighted by Gasteiger charge is -2.19. The van der Waals surface area contributed by atoms with Crippen molar-refractivity contribution in [3.8, 4) is 17.1 Å². The molecule has 2 aromatic heterocycles. The average Bonchev–Trinajstić information content (AvgIpc) is 3.56. The molecule has 8 nitrogen and oxygen atoms in total. The van der Waals surface area contributed by atoms with Crippen molar-refractivity contribution in [1.82, 2.24) is 24.9 Å². The molecular weight excluding hydrogens is 589 g/mol. The van der Waals surface area contributed by atoms with Gasteiger partial charge in [-0.1, -0.05) is 37.4 Å². The van der Waals surface area contributed by atoms with E-state index in [9.17, 15) is 18.0 Å². The third-order valence-corrected chi connectivity index (χ3v) is 6.97. The molecule has 1 fully saturated rings. The number of ether oxygens (including phenoxy) is 1. The number of rotatable bonds is 9. The van der Waals surface area contributed by atoms with Crippen LogP contribution in [0.1, 0.15) is 32.6 Å². The molecule has 1 atom stereocenters. The van der Waals surface area contributed by atoms with E-state index in [0.717, 1.165) is 25.3 Å². The lowest BCUT2D eigenvalue weighted by molar-refractivity contribution is -0.274. The van der Waals surface area contributed by atoms with Crippen LogP contribution >= 0.6 is 27.5 Å². The predicted octanol–water partition coefficient (Wildman–Crippen LogP) is 6.37. The van der Waals surface area contributed by atoms with Crippen molar-refractivity contribution in [3.63, 3.8) is 0 Å². The van der Waals surface area contributed by atoms with Gasteiger partial charge in [0.2, 0.25) is 11.9 Å². The van der Waals surface area contributed by atoms with E-state index in [1.807, 2.05) is 13.0 Å². The summed E-state index contributed by atoms with van der Waals surface area (Å²) < 4.78 is 45.7. The van der Waals surface area contributed by atoms with Gasteiger partial charge in [0.15, 0.2) is 11.5 Å². The number of para-hydroxylation sites is 1. The smallest absolute Gasteiger partial charge is 0.405 e. The van der Waals surface area contributed by atoms with Gasteiger partial charge in [-0.3, -0.25) is 4.79 Å². The number of nitrogens with one attached hydrogen (secondary N) is 2. The van der Waals surface area contributed by atoms with Gasteiger partial charge in [-0.25, -0.2) is 9.97 Å². The van der Waals surface area contributed by atoms with Gasteiger partial charge in [0.25, 0.3) is 0 Å². The van der Waals surface area contributed by atoms with Crippen molar-refractivity contribution in [1.29, 1.82) is 0 Å². The normalized spacial score (nSPS) is 14.6. The Kier molecular flexibility index (Phi) is 7.36. The Hall–Kier alpha value is -3.12. The van der Waals surface area contributed by atoms with Crippen LogP contribution in [0.4, 0.5) is 19.1 Å². The number of carbonyl (C=O) groups excluding carboxylic acids is 1. The van der Waals surface area contributed by atoms with E-state index in [0.29, 0.717) is 39.9 Å². The molecule has 0 radical (unpaired) electrons. The summed E-state index contributed by atoms with van der Waals surface area (Å²) in [5.41, 5.74) is 0.907. The SMILES string of the molecule is CCCNC(=O)[C@H](CC1CC1)Nc1nc2c(Br)cccc2c2nc(-c3ccc(Cl)cc3OC(F)(F)F)nn12. The number of fused-ring (bicyclic) bond motifs is 3. The van der Waals surface area contributed by atoms with Crippen LogP contribution in [0.5, 0.6) is 5.75 Å². The maximum Gasteiger partial charge on any atom is 0.573 e. The third kappa shape index (κ3) is 5.80. The van der Waals surface area contributed by atoms with Crippen LogP contribution in [0, 0.1) is 5.92 Å². The molecule has 1 aliphatic rings. The van der Waals surface area contributed by atoms with E-state index >= 15 is 0 Å². The minimum absolute atomic E-state index is 0.000240. The highest BCUT2D eigenvalue weighted by Crippen LogP contribution is 2.37. The highest BCUT2D eigenvalue weighted by molar-refractivity contribution is 9.10. The molecule has 1 aliphatic carbocycles. The number of nitrogens with zero attached hydrogens (tertiary/aromatic N) is 4. The van der Waals surface area contributed by atoms with E-state index < -0.39 is 18.2 Å². The lowest BCUT2D eigenvalue weighted by atomic mass is 10.1. The largest absolute Gasteiger partial charge is 0.573 e. The Labute approximate surface area is 229 Å². The van der Waals surface area contributed by atoms with Gasteiger partial charge in [-0.05, 0) is 65.0 Å². The van der Waals surface area contributed by atoms with Crippen LogP contribution < -0.4 is 15.4 Å². The van der Waals surface area contributed by atoms with Crippen molar-refractivity contribution in [3.05, 3.63) is 45.9 Å². The van der Waals surface area contributed by atoms with Crippen molar-refractivity contribution in [2.75, 3.05) is 11.9 Å². The minimum atomic E-state index is -4.94. The van der Waals surface area contributed by atoms with Crippen LogP contribution in [0.3, 0.4) is 0 Å². The summed E-state index contributed by atoms with van der Waals surface area (Å²) in [5, 5.41) is 11.3. The average molecular weight is 612 g/mol. The molecule has 1 amide bonds. The summed E-state index contributed by atoms with van der Waals surface area (Å²) in [6.45, 7) is 2.51. The molecule has 0 unspecified atom stereocenters. The topological polar surface area (TPSA) is 93.4 Å². The Morgan fingerprint density at radius 2 is 2.05 bits per heavy atom. The Morgan fingerprint density at radius 1 is 1.26 bits per heavy atom. The fraction of sp³-hybridized carbons (Fsp3) is 0.360. The molecule has 200 valence electrons. The first-order valence-electron chi connectivity index (χ1n) is 12.1. The molecule has 4 aromatic rings. The van der Waals surface area contributed by atoms with Gasteiger partial charge >= 0.3 is 6.36 Å². The number of alkyl halides is 3. The fourth-order valence-corrected chi connectivity index (χ4v) is 4.76. The zero-order valence-corrected chi connectivity index (χ0v) is 22.5. The third-order valence-electron chi connectivity index (χ3n) is 6.10. The van der Waals surface area contributed by atoms with E-state index in [2.05, 4.69) is 41.4 Å². The fourth-order valence-electron chi connectivity index (χ4n) is 4.14. The summed E-state index contributed by atoms with van der Waals surface area (Å²) in [4.78, 5) is 22.3. The number of aromatic nitrogens is 4. The van der Waals surface area contributed by atoms with E-state index in [1.165, 1.54) is 16.6 Å². The molecule has 2 aromatic carbocycles. The number of halogens is 5. The molecule has 1 saturated carbocycles. The molecule has 0 aliphatic heterocycles. The standard InChI is InChI=1S/C25H23BrClF3N6O2/c1-2-10-31-23(37)18(11-13-6-7-13)32-24-33-20-16(4-3-5-17(20)26)22-34-21(35-36(22)24)15-9-8-14(27)12-19(15)38-25(28,29)30/h3-5,8-9,12-13,18H,2,6-7,10-11H2,1H3,(H,31,37)(H,32,33)/t18-/m0/s1. The van der Waals surface area contributed by atoms with Gasteiger partial charge in [0, 0.05) is 21.4 Å². The molecule has 13 heteroatoms. The predicted molar refractivity (Wildman–Crippen MR) is 141 cm³/mol. The minimum Gasteiger partial charge on any atom is -0.405 e. The highest BCUT2D eigenvalue weighted by atomic mass is 79.9. The quantitative estimate of drug-likeness (QED) is 0.229. The Bertz CT molecular complexity index is 1510. The summed E-state index contributed by atoms with van der Waals surface area (Å²) in [5.74, 6) is -0.0284. The molecule has 0 saturated heterocycles. The van der Waals surface area contributed by atoms with Crippen LogP contribution in [-0.2, 0) is 4.79 Å². The maximum absolute atomic E-state index is 13.1. The zero-order valence-electron chi connectivity index (χ0n) is 20.1. The van der Waals surface area contributed by atoms with Crippen LogP contribution in [0.25, 0.3) is 27.9 Å². The van der Waals surface area contributed by atoms with Crippen LogP contribution in [0.15, 0.2) is 40.9 Å². The van der Waals surface area contributed by atoms with Crippen molar-refractivity contribution < 1.29 is 22.7 Å². The molecule has 5 rings (SSSR count). The van der Waals surface area contributed by atoms with E-state index in [4.69, 9.17) is 16.6 Å². The second kappa shape index (κ2) is 10.6. The van der Waals surface area contributed by atoms with Gasteiger partial charge in [0.1, 0.15) is 11.8 Å². The lowest BCUT2D eigenvalue weighted by Crippen LogP contribution is -2.41. The van der Waals surface area contributed by atoms with Gasteiger partial charge in [-0.2, -0.15) is 4.52 Å². The number of anilines is 1. The molecule has 0 bridgehead atoms. The number of carbonyl (C=O) groups is 1. The van der Waals surface area contributed by atoms with Crippen molar-refractivity contribution >= 4 is 55.9 Å². The molecule has 38 heavy (non-hydrogen) atoms. The number of amides is 1. The second-order valence-corrected chi connectivity index (χ2v) is 10.4. The highest BCUT2D eigenvalue weighted by Gasteiger charge is 2.34. The summed E-state index contributed by atoms with van der Waals surface area (Å²) in [7, 11) is 0. The van der Waals surface area contributed by atoms with E-state index in [1.54, 1.807) is 12.1 Å². The van der Waals surface area contributed by atoms with E-state index in [-0.39, 0.29) is 28.3 Å². The Morgan fingerprint density at radius 3 is 2.76 bits per heavy atom. The first-order chi connectivity index (χ1) is 18.1. The van der Waals surface area contributed by atoms with Gasteiger partial charge < -0.3 is 15.4 Å². The van der Waals surface area contributed by atoms with Crippen molar-refractivity contribution in [2.24, 2.45) is 5.92 Å². The maximum atomic E-state index is 13.1. The van der Waals surface area contributed by atoms with Crippen LogP contribution in [0.2, 0.25) is 5.02 Å². The summed E-state index contributed by atoms with van der Waals surface area (Å²) >= 11 is 9.46. The second-order valence-electron chi connectivity index (χ2n) is 9.10. The number of hydrogen-bond donors (Lipinski definition) is 2. The zero-order chi connectivity index (χ0) is 27.0. The Balaban J connectivity index is 1.64. The number of hydrogen-bond acceptors (Lipinski definition) is 6. The summed E-state index contributed by atoms with van der Waals surface area (Å²) in [6.07, 6.45) is -1.42. The first kappa shape index (κ1) is 26.5. The first-order valence-corrected chi connectivity index (χ1v) is 13.2. The molecule has 2 N–H and O–H groups in total. The monoisotopic (exact) mass is 610 g/mol.